The largest absolute Gasteiger partial charge is 0.444 e. The summed E-state index contributed by atoms with van der Waals surface area (Å²) in [6.07, 6.45) is -0.114. The lowest BCUT2D eigenvalue weighted by Crippen LogP contribution is -2.45. The molecule has 1 aliphatic heterocycles. The molecule has 19 heavy (non-hydrogen) atoms. The van der Waals surface area contributed by atoms with Crippen LogP contribution < -0.4 is 0 Å². The molecule has 4 nitrogen and oxygen atoms in total. The molecule has 1 amide bonds. The molecule has 0 bridgehead atoms. The summed E-state index contributed by atoms with van der Waals surface area (Å²) in [5, 5.41) is 9.35. The van der Waals surface area contributed by atoms with Crippen LogP contribution >= 0.6 is 0 Å². The van der Waals surface area contributed by atoms with Crippen molar-refractivity contribution in [3.8, 4) is 0 Å². The third kappa shape index (κ3) is 2.83. The molecule has 6 heteroatoms. The Morgan fingerprint density at radius 2 is 2.05 bits per heavy atom. The molecule has 0 spiro atoms. The van der Waals surface area contributed by atoms with E-state index in [-0.39, 0.29) is 26.0 Å². The van der Waals surface area contributed by atoms with Gasteiger partial charge in [0.15, 0.2) is 0 Å². The van der Waals surface area contributed by atoms with Gasteiger partial charge in [-0.1, -0.05) is 0 Å². The van der Waals surface area contributed by atoms with Gasteiger partial charge < -0.3 is 14.7 Å². The van der Waals surface area contributed by atoms with Gasteiger partial charge in [-0.25, -0.2) is 13.6 Å². The second kappa shape index (κ2) is 4.58. The van der Waals surface area contributed by atoms with Crippen molar-refractivity contribution in [2.24, 2.45) is 11.8 Å². The average Bonchev–Trinajstić information content (AvgIpc) is 2.84. The van der Waals surface area contributed by atoms with Gasteiger partial charge in [-0.05, 0) is 33.6 Å². The Balaban J connectivity index is 2.04. The maximum absolute atomic E-state index is 13.4. The van der Waals surface area contributed by atoms with Gasteiger partial charge in [-0.2, -0.15) is 0 Å². The fraction of sp³-hybridized carbons (Fsp3) is 0.923. The van der Waals surface area contributed by atoms with Crippen molar-refractivity contribution in [1.82, 2.24) is 4.90 Å². The fourth-order valence-electron chi connectivity index (χ4n) is 2.79. The lowest BCUT2D eigenvalue weighted by molar-refractivity contribution is 0.00139. The molecule has 2 fully saturated rings. The van der Waals surface area contributed by atoms with E-state index >= 15 is 0 Å². The van der Waals surface area contributed by atoms with E-state index in [0.717, 1.165) is 0 Å². The van der Waals surface area contributed by atoms with E-state index in [1.165, 1.54) is 4.90 Å². The lowest BCUT2D eigenvalue weighted by atomic mass is 10.1. The first kappa shape index (κ1) is 14.5. The molecule has 1 saturated carbocycles. The molecule has 110 valence electrons. The minimum Gasteiger partial charge on any atom is -0.444 e. The highest BCUT2D eigenvalue weighted by atomic mass is 19.3. The maximum atomic E-state index is 13.4. The van der Waals surface area contributed by atoms with Crippen molar-refractivity contribution in [1.29, 1.82) is 0 Å². The number of nitrogens with zero attached hydrogens (tertiary/aromatic N) is 1. The molecule has 2 rings (SSSR count). The Kier molecular flexibility index (Phi) is 3.49. The average molecular weight is 277 g/mol. The highest BCUT2D eigenvalue weighted by Crippen LogP contribution is 2.60. The number of aliphatic hydroxyl groups is 1. The van der Waals surface area contributed by atoms with E-state index < -0.39 is 35.5 Å². The van der Waals surface area contributed by atoms with Crippen molar-refractivity contribution < 1.29 is 23.4 Å². The Morgan fingerprint density at radius 1 is 1.42 bits per heavy atom. The zero-order chi connectivity index (χ0) is 14.4. The number of alkyl halides is 2. The first-order chi connectivity index (χ1) is 8.66. The SMILES string of the molecule is CC(C)(C)OC(=O)N1CCC2C(C[C@H]1CO)C2(F)F. The van der Waals surface area contributed by atoms with E-state index in [1.807, 2.05) is 0 Å². The Labute approximate surface area is 111 Å². The summed E-state index contributed by atoms with van der Waals surface area (Å²) in [7, 11) is 0. The molecule has 1 aliphatic carbocycles. The highest BCUT2D eigenvalue weighted by molar-refractivity contribution is 5.68. The van der Waals surface area contributed by atoms with Crippen LogP contribution in [0.4, 0.5) is 13.6 Å². The van der Waals surface area contributed by atoms with Crippen LogP contribution in [-0.2, 0) is 4.74 Å². The number of amides is 1. The number of fused-ring (bicyclic) bond motifs is 1. The monoisotopic (exact) mass is 277 g/mol. The Bertz CT molecular complexity index is 367. The number of aliphatic hydroxyl groups excluding tert-OH is 1. The van der Waals surface area contributed by atoms with E-state index in [4.69, 9.17) is 4.74 Å². The summed E-state index contributed by atoms with van der Waals surface area (Å²) >= 11 is 0. The summed E-state index contributed by atoms with van der Waals surface area (Å²) in [6.45, 7) is 5.17. The number of carbonyl (C=O) groups is 1. The topological polar surface area (TPSA) is 49.8 Å². The molecule has 1 saturated heterocycles. The summed E-state index contributed by atoms with van der Waals surface area (Å²) < 4.78 is 32.0. The van der Waals surface area contributed by atoms with E-state index in [0.29, 0.717) is 0 Å². The van der Waals surface area contributed by atoms with E-state index in [2.05, 4.69) is 0 Å². The maximum Gasteiger partial charge on any atom is 0.410 e. The second-order valence-corrected chi connectivity index (χ2v) is 6.42. The van der Waals surface area contributed by atoms with Crippen LogP contribution in [0.15, 0.2) is 0 Å². The van der Waals surface area contributed by atoms with Crippen LogP contribution in [0.1, 0.15) is 33.6 Å². The van der Waals surface area contributed by atoms with Crippen LogP contribution in [0.2, 0.25) is 0 Å². The molecular weight excluding hydrogens is 256 g/mol. The quantitative estimate of drug-likeness (QED) is 0.800. The minimum atomic E-state index is -2.62. The number of carbonyl (C=O) groups excluding carboxylic acids is 1. The summed E-state index contributed by atoms with van der Waals surface area (Å²) in [5.41, 5.74) is -0.629. The van der Waals surface area contributed by atoms with Crippen LogP contribution in [0, 0.1) is 11.8 Å². The smallest absolute Gasteiger partial charge is 0.410 e. The van der Waals surface area contributed by atoms with Gasteiger partial charge in [0.1, 0.15) is 5.60 Å². The molecule has 3 atom stereocenters. The molecule has 1 N–H and O–H groups in total. The summed E-state index contributed by atoms with van der Waals surface area (Å²) in [6, 6.07) is -0.571. The van der Waals surface area contributed by atoms with Gasteiger partial charge in [0.05, 0.1) is 12.6 Å². The van der Waals surface area contributed by atoms with Gasteiger partial charge >= 0.3 is 6.09 Å². The minimum absolute atomic E-state index is 0.146. The van der Waals surface area contributed by atoms with Gasteiger partial charge in [0, 0.05) is 18.4 Å². The van der Waals surface area contributed by atoms with Gasteiger partial charge in [-0.3, -0.25) is 0 Å². The molecule has 2 aliphatic rings. The van der Waals surface area contributed by atoms with E-state index in [9.17, 15) is 18.7 Å². The number of ether oxygens (including phenoxy) is 1. The molecule has 0 aromatic heterocycles. The number of likely N-dealkylation sites (tertiary alicyclic amines) is 1. The number of rotatable bonds is 1. The van der Waals surface area contributed by atoms with Crippen LogP contribution in [0.3, 0.4) is 0 Å². The number of halogens is 2. The van der Waals surface area contributed by atoms with Crippen LogP contribution in [0.25, 0.3) is 0 Å². The van der Waals surface area contributed by atoms with Crippen molar-refractivity contribution in [2.75, 3.05) is 13.2 Å². The predicted octanol–water partition coefficient (Wildman–Crippen LogP) is 2.26. The van der Waals surface area contributed by atoms with Crippen LogP contribution in [-0.4, -0.2) is 46.8 Å². The molecule has 0 aromatic rings. The van der Waals surface area contributed by atoms with Crippen molar-refractivity contribution in [3.63, 3.8) is 0 Å². The number of hydrogen-bond donors (Lipinski definition) is 1. The Morgan fingerprint density at radius 3 is 2.58 bits per heavy atom. The molecule has 2 unspecified atom stereocenters. The fourth-order valence-corrected chi connectivity index (χ4v) is 2.79. The molecular formula is C13H21F2NO3. The third-order valence-electron chi connectivity index (χ3n) is 3.85. The first-order valence-corrected chi connectivity index (χ1v) is 6.65. The van der Waals surface area contributed by atoms with Gasteiger partial charge in [0.2, 0.25) is 0 Å². The highest BCUT2D eigenvalue weighted by Gasteiger charge is 2.68. The van der Waals surface area contributed by atoms with Crippen molar-refractivity contribution in [2.45, 2.75) is 51.2 Å². The normalized spacial score (nSPS) is 33.4. The standard InChI is InChI=1S/C13H21F2NO3/c1-12(2,3)19-11(18)16-5-4-9-10(13(9,14)15)6-8(16)7-17/h8-10,17H,4-7H2,1-3H3/t8-,9?,10?/m0/s1. The van der Waals surface area contributed by atoms with Gasteiger partial charge in [0.25, 0.3) is 5.92 Å². The molecule has 1 heterocycles. The molecule has 0 radical (unpaired) electrons. The van der Waals surface area contributed by atoms with Crippen molar-refractivity contribution in [3.05, 3.63) is 0 Å². The lowest BCUT2D eigenvalue weighted by Gasteiger charge is -2.32. The van der Waals surface area contributed by atoms with Gasteiger partial charge in [-0.15, -0.1) is 0 Å². The first-order valence-electron chi connectivity index (χ1n) is 6.65. The number of hydrogen-bond acceptors (Lipinski definition) is 3. The molecule has 0 aromatic carbocycles. The Hall–Kier alpha value is -0.910. The predicted molar refractivity (Wildman–Crippen MR) is 65.0 cm³/mol. The summed E-state index contributed by atoms with van der Waals surface area (Å²) in [4.78, 5) is 13.4. The van der Waals surface area contributed by atoms with Crippen LogP contribution in [0.5, 0.6) is 0 Å². The van der Waals surface area contributed by atoms with Crippen molar-refractivity contribution >= 4 is 6.09 Å². The third-order valence-corrected chi connectivity index (χ3v) is 3.85. The zero-order valence-corrected chi connectivity index (χ0v) is 11.5. The summed E-state index contributed by atoms with van der Waals surface area (Å²) in [5.74, 6) is -3.96. The second-order valence-electron chi connectivity index (χ2n) is 6.42. The zero-order valence-electron chi connectivity index (χ0n) is 11.5. The van der Waals surface area contributed by atoms with E-state index in [1.54, 1.807) is 20.8 Å².